The topological polar surface area (TPSA) is 189 Å². The molecule has 12 nitrogen and oxygen atoms in total. The maximum atomic E-state index is 11.6. The van der Waals surface area contributed by atoms with Gasteiger partial charge in [0.2, 0.25) is 11.1 Å². The largest absolute Gasteiger partial charge is 0.478 e. The molecule has 13 heteroatoms. The summed E-state index contributed by atoms with van der Waals surface area (Å²) in [5.41, 5.74) is -3.69. The lowest BCUT2D eigenvalue weighted by Gasteiger charge is -2.38. The van der Waals surface area contributed by atoms with Gasteiger partial charge < -0.3 is 10.2 Å². The van der Waals surface area contributed by atoms with E-state index in [1.54, 1.807) is 5.32 Å². The minimum absolute atomic E-state index is 0.0462. The zero-order valence-corrected chi connectivity index (χ0v) is 10.1. The number of guanidine groups is 1. The van der Waals surface area contributed by atoms with Crippen LogP contribution in [0.5, 0.6) is 0 Å². The highest BCUT2D eigenvalue weighted by atomic mass is 32.2. The number of nitrogens with zero attached hydrogens (tertiary/aromatic N) is 2. The molecule has 0 aromatic carbocycles. The fraction of sp³-hybridized carbons (Fsp3) is 0.143. The van der Waals surface area contributed by atoms with E-state index in [2.05, 4.69) is 4.99 Å². The van der Waals surface area contributed by atoms with Crippen LogP contribution >= 0.6 is 0 Å². The Morgan fingerprint density at radius 2 is 1.95 bits per heavy atom. The Labute approximate surface area is 110 Å². The maximum Gasteiger partial charge on any atom is 0.416 e. The summed E-state index contributed by atoms with van der Waals surface area (Å²) < 4.78 is 21.6. The second-order valence-electron chi connectivity index (χ2n) is 3.56. The number of carboxylic acids is 1. The second kappa shape index (κ2) is 4.10. The van der Waals surface area contributed by atoms with Gasteiger partial charge in [0.25, 0.3) is 21.9 Å². The number of fused-ring (bicyclic) bond motifs is 1. The molecule has 1 fully saturated rings. The summed E-state index contributed by atoms with van der Waals surface area (Å²) in [6, 6.07) is 0. The van der Waals surface area contributed by atoms with Gasteiger partial charge in [0.1, 0.15) is 0 Å². The Morgan fingerprint density at radius 3 is 2.40 bits per heavy atom. The predicted molar refractivity (Wildman–Crippen MR) is 60.6 cm³/mol. The average molecular weight is 303 g/mol. The molecule has 2 aliphatic heterocycles. The van der Waals surface area contributed by atoms with Crippen molar-refractivity contribution in [1.82, 2.24) is 15.5 Å². The molecule has 5 N–H and O–H groups in total. The summed E-state index contributed by atoms with van der Waals surface area (Å²) in [4.78, 5) is 37.3. The highest BCUT2D eigenvalue weighted by Gasteiger charge is 2.62. The molecule has 0 saturated carbocycles. The van der Waals surface area contributed by atoms with Crippen LogP contribution in [0.1, 0.15) is 0 Å². The van der Waals surface area contributed by atoms with Gasteiger partial charge in [-0.25, -0.2) is 24.8 Å². The van der Waals surface area contributed by atoms with Crippen LogP contribution in [0.25, 0.3) is 0 Å². The summed E-state index contributed by atoms with van der Waals surface area (Å²) in [5, 5.41) is 28.2. The Morgan fingerprint density at radius 1 is 1.35 bits per heavy atom. The van der Waals surface area contributed by atoms with Crippen LogP contribution in [-0.4, -0.2) is 63.9 Å². The van der Waals surface area contributed by atoms with Gasteiger partial charge in [0.05, 0.1) is 0 Å². The summed E-state index contributed by atoms with van der Waals surface area (Å²) >= 11 is 0. The average Bonchev–Trinajstić information content (AvgIpc) is 2.70. The van der Waals surface area contributed by atoms with Gasteiger partial charge >= 0.3 is 12.1 Å². The molecular formula is C7H5N5O7S. The normalized spacial score (nSPS) is 24.9. The standard InChI is InChI=1S/C7H5N5O7S/c8-4-10-2(13)1-7(3(14)15,12(4)6(16)17)11-5(9-1)20(18)19/h11H,(H,14,15)(H,16,17)(H2,8,10,13). The van der Waals surface area contributed by atoms with Crippen LogP contribution in [0, 0.1) is 5.41 Å². The van der Waals surface area contributed by atoms with E-state index >= 15 is 0 Å². The SMILES string of the molecule is N=C1NC(=O)C2=NC(=S(=O)=O)NC2(C(=O)O)N1C(=O)O. The molecule has 0 bridgehead atoms. The molecule has 106 valence electrons. The van der Waals surface area contributed by atoms with Gasteiger partial charge in [-0.3, -0.25) is 15.5 Å². The van der Waals surface area contributed by atoms with Gasteiger partial charge in [0, 0.05) is 0 Å². The number of rotatable bonds is 1. The lowest BCUT2D eigenvalue weighted by molar-refractivity contribution is -0.146. The molecule has 2 amide bonds. The third-order valence-corrected chi connectivity index (χ3v) is 3.02. The predicted octanol–water partition coefficient (Wildman–Crippen LogP) is -3.18. The Hall–Kier alpha value is -2.80. The maximum absolute atomic E-state index is 11.6. The molecule has 20 heavy (non-hydrogen) atoms. The van der Waals surface area contributed by atoms with Crippen molar-refractivity contribution in [3.05, 3.63) is 0 Å². The zero-order valence-electron chi connectivity index (χ0n) is 9.24. The van der Waals surface area contributed by atoms with Crippen molar-refractivity contribution >= 4 is 45.0 Å². The van der Waals surface area contributed by atoms with Crippen molar-refractivity contribution in [2.45, 2.75) is 5.66 Å². The first kappa shape index (κ1) is 13.6. The summed E-state index contributed by atoms with van der Waals surface area (Å²) in [6.07, 6.45) is -1.89. The summed E-state index contributed by atoms with van der Waals surface area (Å²) in [5.74, 6) is -4.14. The number of carboxylic acid groups (broad SMARTS) is 2. The molecule has 1 atom stereocenters. The lowest BCUT2D eigenvalue weighted by atomic mass is 10.00. The van der Waals surface area contributed by atoms with Crippen LogP contribution in [0.3, 0.4) is 0 Å². The van der Waals surface area contributed by atoms with Crippen molar-refractivity contribution in [3.8, 4) is 0 Å². The van der Waals surface area contributed by atoms with Gasteiger partial charge in [-0.05, 0) is 0 Å². The van der Waals surface area contributed by atoms with E-state index in [1.807, 2.05) is 5.32 Å². The van der Waals surface area contributed by atoms with E-state index in [0.29, 0.717) is 0 Å². The second-order valence-corrected chi connectivity index (χ2v) is 4.42. The number of hydrogen-bond donors (Lipinski definition) is 5. The first-order valence-electron chi connectivity index (χ1n) is 4.72. The molecule has 0 aliphatic carbocycles. The molecular weight excluding hydrogens is 298 g/mol. The monoisotopic (exact) mass is 303 g/mol. The lowest BCUT2D eigenvalue weighted by Crippen LogP contribution is -2.77. The van der Waals surface area contributed by atoms with E-state index in [1.165, 1.54) is 0 Å². The van der Waals surface area contributed by atoms with Gasteiger partial charge in [-0.1, -0.05) is 0 Å². The Kier molecular flexibility index (Phi) is 2.80. The van der Waals surface area contributed by atoms with E-state index < -0.39 is 50.7 Å². The van der Waals surface area contributed by atoms with E-state index in [4.69, 9.17) is 10.5 Å². The smallest absolute Gasteiger partial charge is 0.416 e. The minimum atomic E-state index is -3.02. The van der Waals surface area contributed by atoms with E-state index in [0.717, 1.165) is 0 Å². The van der Waals surface area contributed by atoms with Crippen LogP contribution in [0.2, 0.25) is 0 Å². The fourth-order valence-electron chi connectivity index (χ4n) is 1.76. The van der Waals surface area contributed by atoms with E-state index in [9.17, 15) is 27.9 Å². The Bertz CT molecular complexity index is 729. The van der Waals surface area contributed by atoms with Crippen molar-refractivity contribution in [3.63, 3.8) is 0 Å². The molecule has 2 heterocycles. The van der Waals surface area contributed by atoms with Crippen molar-refractivity contribution in [2.24, 2.45) is 4.99 Å². The van der Waals surface area contributed by atoms with Crippen LogP contribution in [0.15, 0.2) is 4.99 Å². The number of carbonyl (C=O) groups is 3. The fourth-order valence-corrected chi connectivity index (χ4v) is 2.16. The Balaban J connectivity index is 2.79. The van der Waals surface area contributed by atoms with Crippen LogP contribution in [-0.2, 0) is 19.9 Å². The van der Waals surface area contributed by atoms with E-state index in [-0.39, 0.29) is 4.90 Å². The zero-order chi connectivity index (χ0) is 15.2. The van der Waals surface area contributed by atoms with Gasteiger partial charge in [-0.15, -0.1) is 0 Å². The highest BCUT2D eigenvalue weighted by molar-refractivity contribution is 7.72. The number of carbonyl (C=O) groups excluding carboxylic acids is 1. The molecule has 2 rings (SSSR count). The van der Waals surface area contributed by atoms with Crippen molar-refractivity contribution in [2.75, 3.05) is 0 Å². The third-order valence-electron chi connectivity index (χ3n) is 2.51. The summed E-state index contributed by atoms with van der Waals surface area (Å²) in [7, 11) is -3.02. The molecule has 0 radical (unpaired) electrons. The van der Waals surface area contributed by atoms with Crippen LogP contribution in [0.4, 0.5) is 4.79 Å². The first-order valence-corrected chi connectivity index (χ1v) is 5.79. The number of aliphatic carboxylic acids is 1. The number of aliphatic imine (C=N–C) groups is 1. The quantitative estimate of drug-likeness (QED) is 0.313. The van der Waals surface area contributed by atoms with Gasteiger partial charge in [0.15, 0.2) is 5.71 Å². The molecule has 0 spiro atoms. The minimum Gasteiger partial charge on any atom is -0.478 e. The summed E-state index contributed by atoms with van der Waals surface area (Å²) in [6.45, 7) is 0. The molecule has 1 saturated heterocycles. The van der Waals surface area contributed by atoms with Gasteiger partial charge in [-0.2, -0.15) is 8.42 Å². The molecule has 0 aromatic rings. The molecule has 0 aromatic heterocycles. The number of hydrogen-bond acceptors (Lipinski definition) is 6. The molecule has 2 aliphatic rings. The number of nitrogens with one attached hydrogen (secondary N) is 3. The first-order chi connectivity index (χ1) is 9.21. The molecule has 1 unspecified atom stereocenters. The van der Waals surface area contributed by atoms with Crippen molar-refractivity contribution < 1.29 is 33.0 Å². The third kappa shape index (κ3) is 1.57. The highest BCUT2D eigenvalue weighted by Crippen LogP contribution is 2.24. The van der Waals surface area contributed by atoms with Crippen molar-refractivity contribution in [1.29, 1.82) is 5.41 Å². The van der Waals surface area contributed by atoms with Crippen LogP contribution < -0.4 is 10.6 Å². The number of amides is 2.